The Hall–Kier alpha value is -2.95. The van der Waals surface area contributed by atoms with Gasteiger partial charge in [-0.2, -0.15) is 5.26 Å². The summed E-state index contributed by atoms with van der Waals surface area (Å²) in [5, 5.41) is 11.9. The molecule has 0 N–H and O–H groups in total. The van der Waals surface area contributed by atoms with Gasteiger partial charge in [-0.1, -0.05) is 18.1 Å². The summed E-state index contributed by atoms with van der Waals surface area (Å²) in [4.78, 5) is 8.72. The highest BCUT2D eigenvalue weighted by Gasteiger charge is 2.00. The van der Waals surface area contributed by atoms with E-state index in [0.717, 1.165) is 27.5 Å². The average molecular weight is 303 g/mol. The SMILES string of the molecule is Cc1n[14c](C#Cc2ccc(-c3cccc(C#N)c3)nc2)cs1. The van der Waals surface area contributed by atoms with Crippen LogP contribution in [-0.2, 0) is 0 Å². The van der Waals surface area contributed by atoms with Gasteiger partial charge in [-0.15, -0.1) is 11.3 Å². The minimum atomic E-state index is 0.627. The molecule has 3 nitrogen and oxygen atoms in total. The molecule has 0 fully saturated rings. The number of pyridine rings is 1. The number of aryl methyl sites for hydroxylation is 1. The predicted molar refractivity (Wildman–Crippen MR) is 87.2 cm³/mol. The molecule has 2 heterocycles. The fourth-order valence-corrected chi connectivity index (χ4v) is 2.49. The molecule has 22 heavy (non-hydrogen) atoms. The third kappa shape index (κ3) is 3.20. The smallest absolute Gasteiger partial charge is 0.124 e. The molecule has 0 saturated carbocycles. The molecule has 104 valence electrons. The first kappa shape index (κ1) is 14.0. The van der Waals surface area contributed by atoms with Crippen molar-refractivity contribution in [2.24, 2.45) is 0 Å². The van der Waals surface area contributed by atoms with Gasteiger partial charge in [0, 0.05) is 22.7 Å². The summed E-state index contributed by atoms with van der Waals surface area (Å²) < 4.78 is 0. The predicted octanol–water partition coefficient (Wildman–Crippen LogP) is 3.79. The van der Waals surface area contributed by atoms with Crippen molar-refractivity contribution in [2.45, 2.75) is 6.92 Å². The van der Waals surface area contributed by atoms with Crippen LogP contribution in [0, 0.1) is 30.1 Å². The van der Waals surface area contributed by atoms with Crippen molar-refractivity contribution in [2.75, 3.05) is 0 Å². The summed E-state index contributed by atoms with van der Waals surface area (Å²) in [6.45, 7) is 1.96. The van der Waals surface area contributed by atoms with Crippen molar-refractivity contribution in [3.63, 3.8) is 0 Å². The van der Waals surface area contributed by atoms with Crippen molar-refractivity contribution in [3.05, 3.63) is 69.8 Å². The normalized spacial score (nSPS) is 9.64. The van der Waals surface area contributed by atoms with Crippen LogP contribution in [0.4, 0.5) is 0 Å². The maximum atomic E-state index is 8.94. The molecule has 0 bridgehead atoms. The molecule has 0 radical (unpaired) electrons. The third-order valence-corrected chi connectivity index (χ3v) is 3.78. The Bertz CT molecular complexity index is 906. The van der Waals surface area contributed by atoms with Crippen LogP contribution in [0.1, 0.15) is 21.8 Å². The van der Waals surface area contributed by atoms with E-state index in [1.165, 1.54) is 0 Å². The monoisotopic (exact) mass is 303 g/mol. The Labute approximate surface area is 132 Å². The maximum absolute atomic E-state index is 8.94. The second kappa shape index (κ2) is 6.22. The first-order valence-electron chi connectivity index (χ1n) is 6.65. The molecule has 1 aromatic carbocycles. The largest absolute Gasteiger partial charge is 0.255 e. The summed E-state index contributed by atoms with van der Waals surface area (Å²) in [6, 6.07) is 13.4. The summed E-state index contributed by atoms with van der Waals surface area (Å²) in [6.07, 6.45) is 1.74. The maximum Gasteiger partial charge on any atom is 0.124 e. The summed E-state index contributed by atoms with van der Waals surface area (Å²) >= 11 is 1.59. The molecule has 4 heteroatoms. The van der Waals surface area contributed by atoms with Gasteiger partial charge in [-0.05, 0) is 37.1 Å². The van der Waals surface area contributed by atoms with Crippen LogP contribution in [0.3, 0.4) is 0 Å². The highest BCUT2D eigenvalue weighted by atomic mass is 32.1. The first-order chi connectivity index (χ1) is 10.7. The minimum Gasteiger partial charge on any atom is -0.255 e. The lowest BCUT2D eigenvalue weighted by Crippen LogP contribution is -1.86. The molecule has 3 rings (SSSR count). The summed E-state index contributed by atoms with van der Waals surface area (Å²) in [5.74, 6) is 6.08. The second-order valence-electron chi connectivity index (χ2n) is 4.63. The molecule has 0 aliphatic heterocycles. The van der Waals surface area contributed by atoms with Crippen LogP contribution < -0.4 is 0 Å². The molecule has 0 saturated heterocycles. The van der Waals surface area contributed by atoms with Gasteiger partial charge in [0.15, 0.2) is 0 Å². The van der Waals surface area contributed by atoms with E-state index in [-0.39, 0.29) is 0 Å². The fraction of sp³-hybridized carbons (Fsp3) is 0.0556. The van der Waals surface area contributed by atoms with Crippen LogP contribution in [0.5, 0.6) is 0 Å². The van der Waals surface area contributed by atoms with E-state index in [9.17, 15) is 0 Å². The van der Waals surface area contributed by atoms with Crippen LogP contribution in [0.15, 0.2) is 48.0 Å². The van der Waals surface area contributed by atoms with Gasteiger partial charge in [0.2, 0.25) is 0 Å². The van der Waals surface area contributed by atoms with Crippen molar-refractivity contribution >= 4 is 11.3 Å². The summed E-state index contributed by atoms with van der Waals surface area (Å²) in [7, 11) is 0. The molecular weight excluding hydrogens is 292 g/mol. The summed E-state index contributed by atoms with van der Waals surface area (Å²) in [5.41, 5.74) is 4.00. The molecule has 3 aromatic rings. The first-order valence-corrected chi connectivity index (χ1v) is 7.53. The highest BCUT2D eigenvalue weighted by molar-refractivity contribution is 7.09. The fourth-order valence-electron chi connectivity index (χ4n) is 1.94. The van der Waals surface area contributed by atoms with Crippen molar-refractivity contribution < 1.29 is 0 Å². The number of hydrogen-bond acceptors (Lipinski definition) is 4. The van der Waals surface area contributed by atoms with E-state index < -0.39 is 0 Å². The third-order valence-electron chi connectivity index (χ3n) is 3.00. The van der Waals surface area contributed by atoms with Crippen LogP contribution in [0.25, 0.3) is 11.3 Å². The van der Waals surface area contributed by atoms with Crippen molar-refractivity contribution in [1.82, 2.24) is 9.97 Å². The number of nitrogens with zero attached hydrogens (tertiary/aromatic N) is 3. The zero-order valence-electron chi connectivity index (χ0n) is 11.9. The second-order valence-corrected chi connectivity index (χ2v) is 5.69. The molecule has 0 amide bonds. The van der Waals surface area contributed by atoms with E-state index >= 15 is 0 Å². The Balaban J connectivity index is 1.84. The number of hydrogen-bond donors (Lipinski definition) is 0. The van der Waals surface area contributed by atoms with Crippen LogP contribution in [0.2, 0.25) is 0 Å². The number of benzene rings is 1. The molecular formula is C18H11N3S. The van der Waals surface area contributed by atoms with E-state index in [2.05, 4.69) is 27.9 Å². The Kier molecular flexibility index (Phi) is 3.96. The zero-order chi connectivity index (χ0) is 15.4. The Morgan fingerprint density at radius 3 is 2.77 bits per heavy atom. The lowest BCUT2D eigenvalue weighted by molar-refractivity contribution is 1.27. The minimum absolute atomic E-state index is 0.627. The number of rotatable bonds is 1. The van der Waals surface area contributed by atoms with Gasteiger partial charge < -0.3 is 0 Å². The number of nitriles is 1. The zero-order valence-corrected chi connectivity index (χ0v) is 12.7. The molecule has 0 aliphatic carbocycles. The van der Waals surface area contributed by atoms with Crippen molar-refractivity contribution in [3.8, 4) is 29.2 Å². The van der Waals surface area contributed by atoms with E-state index in [1.807, 2.05) is 42.6 Å². The van der Waals surface area contributed by atoms with Gasteiger partial charge >= 0.3 is 0 Å². The van der Waals surface area contributed by atoms with Gasteiger partial charge in [0.05, 0.1) is 22.3 Å². The molecule has 0 unspecified atom stereocenters. The quantitative estimate of drug-likeness (QED) is 0.643. The topological polar surface area (TPSA) is 49.6 Å². The number of thiazole rings is 1. The van der Waals surface area contributed by atoms with E-state index in [0.29, 0.717) is 5.56 Å². The molecule has 0 atom stereocenters. The van der Waals surface area contributed by atoms with Crippen LogP contribution in [-0.4, -0.2) is 9.97 Å². The standard InChI is InChI=1S/C18H11N3S/c1-13-21-17(12-22-13)7-5-14-6-8-18(20-11-14)16-4-2-3-15(9-16)10-19/h2-4,6,8-9,11-12H,1H3/i17+2. The lowest BCUT2D eigenvalue weighted by atomic mass is 10.1. The molecule has 0 aliphatic rings. The lowest BCUT2D eigenvalue weighted by Gasteiger charge is -2.01. The van der Waals surface area contributed by atoms with Gasteiger partial charge in [-0.3, -0.25) is 4.98 Å². The van der Waals surface area contributed by atoms with E-state index in [4.69, 9.17) is 5.26 Å². The Morgan fingerprint density at radius 2 is 2.09 bits per heavy atom. The molecule has 0 spiro atoms. The highest BCUT2D eigenvalue weighted by Crippen LogP contribution is 2.18. The molecule has 2 aromatic heterocycles. The number of aromatic nitrogens is 2. The van der Waals surface area contributed by atoms with Gasteiger partial charge in [0.25, 0.3) is 0 Å². The van der Waals surface area contributed by atoms with E-state index in [1.54, 1.807) is 23.6 Å². The van der Waals surface area contributed by atoms with Gasteiger partial charge in [0.1, 0.15) is 5.69 Å². The average Bonchev–Trinajstić information content (AvgIpc) is 2.99. The van der Waals surface area contributed by atoms with Crippen molar-refractivity contribution in [1.29, 1.82) is 5.26 Å². The van der Waals surface area contributed by atoms with Crippen LogP contribution >= 0.6 is 11.3 Å². The Morgan fingerprint density at radius 1 is 1.18 bits per heavy atom. The van der Waals surface area contributed by atoms with Gasteiger partial charge in [-0.25, -0.2) is 4.98 Å².